The zero-order chi connectivity index (χ0) is 14.2. The zero-order valence-corrected chi connectivity index (χ0v) is 11.4. The molecule has 1 saturated carbocycles. The molecule has 0 atom stereocenters. The number of benzene rings is 1. The summed E-state index contributed by atoms with van der Waals surface area (Å²) in [4.78, 5) is 26.1. The summed E-state index contributed by atoms with van der Waals surface area (Å²) in [5, 5.41) is 0. The molecule has 2 aliphatic rings. The summed E-state index contributed by atoms with van der Waals surface area (Å²) >= 11 is 0. The van der Waals surface area contributed by atoms with Gasteiger partial charge in [0.15, 0.2) is 0 Å². The number of anilines is 1. The van der Waals surface area contributed by atoms with E-state index in [1.165, 1.54) is 4.90 Å². The molecule has 1 aromatic carbocycles. The lowest BCUT2D eigenvalue weighted by molar-refractivity contribution is -0.133. The molecule has 0 bridgehead atoms. The normalized spacial score (nSPS) is 21.2. The molecule has 2 fully saturated rings. The highest BCUT2D eigenvalue weighted by molar-refractivity contribution is 6.17. The van der Waals surface area contributed by atoms with Crippen LogP contribution >= 0.6 is 0 Å². The SMILES string of the molecule is C#Cc1cccc(N2C(=O)CC3(CCCC3)CC2=O)c1. The number of hydrogen-bond acceptors (Lipinski definition) is 2. The number of nitrogens with zero attached hydrogens (tertiary/aromatic N) is 1. The van der Waals surface area contributed by atoms with Crippen LogP contribution in [0.5, 0.6) is 0 Å². The minimum atomic E-state index is -0.0858. The summed E-state index contributed by atoms with van der Waals surface area (Å²) in [6.07, 6.45) is 10.6. The van der Waals surface area contributed by atoms with Crippen molar-refractivity contribution in [1.29, 1.82) is 0 Å². The number of hydrogen-bond donors (Lipinski definition) is 0. The molecule has 1 spiro atoms. The maximum atomic E-state index is 12.4. The van der Waals surface area contributed by atoms with Gasteiger partial charge in [-0.1, -0.05) is 24.8 Å². The fourth-order valence-electron chi connectivity index (χ4n) is 3.50. The van der Waals surface area contributed by atoms with Crippen LogP contribution in [0.25, 0.3) is 0 Å². The first-order valence-corrected chi connectivity index (χ1v) is 7.06. The van der Waals surface area contributed by atoms with Crippen LogP contribution in [0, 0.1) is 17.8 Å². The molecular weight excluding hydrogens is 250 g/mol. The fourth-order valence-corrected chi connectivity index (χ4v) is 3.50. The third-order valence-electron chi connectivity index (χ3n) is 4.49. The van der Waals surface area contributed by atoms with E-state index in [4.69, 9.17) is 6.42 Å². The molecule has 1 saturated heterocycles. The van der Waals surface area contributed by atoms with Crippen molar-refractivity contribution in [3.63, 3.8) is 0 Å². The number of piperidine rings is 1. The van der Waals surface area contributed by atoms with Gasteiger partial charge >= 0.3 is 0 Å². The van der Waals surface area contributed by atoms with E-state index >= 15 is 0 Å². The van der Waals surface area contributed by atoms with E-state index in [-0.39, 0.29) is 17.2 Å². The molecule has 3 nitrogen and oxygen atoms in total. The number of amides is 2. The lowest BCUT2D eigenvalue weighted by Gasteiger charge is -2.37. The predicted molar refractivity (Wildman–Crippen MR) is 77.0 cm³/mol. The maximum absolute atomic E-state index is 12.4. The van der Waals surface area contributed by atoms with Crippen LogP contribution in [0.1, 0.15) is 44.1 Å². The lowest BCUT2D eigenvalue weighted by atomic mass is 9.76. The smallest absolute Gasteiger partial charge is 0.234 e. The van der Waals surface area contributed by atoms with Crippen molar-refractivity contribution in [2.24, 2.45) is 5.41 Å². The molecule has 20 heavy (non-hydrogen) atoms. The minimum absolute atomic E-state index is 0.0611. The van der Waals surface area contributed by atoms with Crippen molar-refractivity contribution in [3.05, 3.63) is 29.8 Å². The third kappa shape index (κ3) is 2.12. The summed E-state index contributed by atoms with van der Waals surface area (Å²) in [7, 11) is 0. The number of imide groups is 1. The van der Waals surface area contributed by atoms with Crippen molar-refractivity contribution in [2.75, 3.05) is 4.90 Å². The van der Waals surface area contributed by atoms with Crippen molar-refractivity contribution < 1.29 is 9.59 Å². The maximum Gasteiger partial charge on any atom is 0.234 e. The van der Waals surface area contributed by atoms with Crippen molar-refractivity contribution in [1.82, 2.24) is 0 Å². The second-order valence-corrected chi connectivity index (χ2v) is 5.88. The Hall–Kier alpha value is -2.08. The third-order valence-corrected chi connectivity index (χ3v) is 4.49. The summed E-state index contributed by atoms with van der Waals surface area (Å²) in [5.41, 5.74) is 1.22. The van der Waals surface area contributed by atoms with Gasteiger partial charge in [0.2, 0.25) is 11.8 Å². The van der Waals surface area contributed by atoms with Crippen molar-refractivity contribution >= 4 is 17.5 Å². The van der Waals surface area contributed by atoms with Gasteiger partial charge in [-0.25, -0.2) is 0 Å². The molecule has 1 aliphatic carbocycles. The van der Waals surface area contributed by atoms with Gasteiger partial charge in [-0.15, -0.1) is 6.42 Å². The topological polar surface area (TPSA) is 37.4 Å². The first-order chi connectivity index (χ1) is 9.63. The largest absolute Gasteiger partial charge is 0.274 e. The van der Waals surface area contributed by atoms with Crippen LogP contribution in [0.15, 0.2) is 24.3 Å². The van der Waals surface area contributed by atoms with Crippen LogP contribution in [-0.4, -0.2) is 11.8 Å². The van der Waals surface area contributed by atoms with Gasteiger partial charge in [-0.05, 0) is 36.5 Å². The van der Waals surface area contributed by atoms with Gasteiger partial charge in [0.1, 0.15) is 0 Å². The molecule has 0 aromatic heterocycles. The Balaban J connectivity index is 1.90. The van der Waals surface area contributed by atoms with E-state index in [1.807, 2.05) is 0 Å². The van der Waals surface area contributed by atoms with E-state index in [0.717, 1.165) is 25.7 Å². The summed E-state index contributed by atoms with van der Waals surface area (Å²) in [6.45, 7) is 0. The zero-order valence-electron chi connectivity index (χ0n) is 11.4. The highest BCUT2D eigenvalue weighted by Gasteiger charge is 2.45. The first-order valence-electron chi connectivity index (χ1n) is 7.06. The number of carbonyl (C=O) groups excluding carboxylic acids is 2. The average Bonchev–Trinajstić information content (AvgIpc) is 2.86. The molecule has 1 aliphatic heterocycles. The molecule has 3 rings (SSSR count). The number of rotatable bonds is 1. The Kier molecular flexibility index (Phi) is 3.10. The predicted octanol–water partition coefficient (Wildman–Crippen LogP) is 2.88. The summed E-state index contributed by atoms with van der Waals surface area (Å²) < 4.78 is 0. The van der Waals surface area contributed by atoms with Gasteiger partial charge in [0, 0.05) is 18.4 Å². The second-order valence-electron chi connectivity index (χ2n) is 5.88. The summed E-state index contributed by atoms with van der Waals surface area (Å²) in [6, 6.07) is 7.07. The van der Waals surface area contributed by atoms with Crippen LogP contribution in [0.3, 0.4) is 0 Å². The molecule has 3 heteroatoms. The molecule has 0 N–H and O–H groups in total. The Morgan fingerprint density at radius 2 is 1.75 bits per heavy atom. The standard InChI is InChI=1S/C17H17NO2/c1-2-13-6-5-7-14(10-13)18-15(19)11-17(12-16(18)20)8-3-4-9-17/h1,5-7,10H,3-4,8-9,11-12H2. The second kappa shape index (κ2) is 4.79. The van der Waals surface area contributed by atoms with Crippen LogP contribution in [0.2, 0.25) is 0 Å². The van der Waals surface area contributed by atoms with Gasteiger partial charge in [-0.3, -0.25) is 14.5 Å². The Bertz CT molecular complexity index is 586. The fraction of sp³-hybridized carbons (Fsp3) is 0.412. The average molecular weight is 267 g/mol. The van der Waals surface area contributed by atoms with Crippen molar-refractivity contribution in [2.45, 2.75) is 38.5 Å². The molecule has 1 heterocycles. The van der Waals surface area contributed by atoms with Crippen LogP contribution < -0.4 is 4.90 Å². The first kappa shape index (κ1) is 12.9. The van der Waals surface area contributed by atoms with Gasteiger partial charge in [-0.2, -0.15) is 0 Å². The number of terminal acetylenes is 1. The van der Waals surface area contributed by atoms with Crippen LogP contribution in [0.4, 0.5) is 5.69 Å². The lowest BCUT2D eigenvalue weighted by Crippen LogP contribution is -2.47. The van der Waals surface area contributed by atoms with E-state index in [0.29, 0.717) is 24.1 Å². The number of carbonyl (C=O) groups is 2. The monoisotopic (exact) mass is 267 g/mol. The Labute approximate surface area is 119 Å². The molecule has 0 unspecified atom stereocenters. The molecule has 2 amide bonds. The molecular formula is C17H17NO2. The highest BCUT2D eigenvalue weighted by Crippen LogP contribution is 2.47. The van der Waals surface area contributed by atoms with Gasteiger partial charge in [0.25, 0.3) is 0 Å². The van der Waals surface area contributed by atoms with E-state index in [2.05, 4.69) is 5.92 Å². The Morgan fingerprint density at radius 3 is 2.35 bits per heavy atom. The molecule has 102 valence electrons. The van der Waals surface area contributed by atoms with Gasteiger partial charge < -0.3 is 0 Å². The molecule has 1 aromatic rings. The minimum Gasteiger partial charge on any atom is -0.274 e. The van der Waals surface area contributed by atoms with Crippen LogP contribution in [-0.2, 0) is 9.59 Å². The van der Waals surface area contributed by atoms with E-state index in [1.54, 1.807) is 24.3 Å². The van der Waals surface area contributed by atoms with Crippen molar-refractivity contribution in [3.8, 4) is 12.3 Å². The quantitative estimate of drug-likeness (QED) is 0.579. The Morgan fingerprint density at radius 1 is 1.10 bits per heavy atom. The van der Waals surface area contributed by atoms with Gasteiger partial charge in [0.05, 0.1) is 5.69 Å². The van der Waals surface area contributed by atoms with E-state index < -0.39 is 0 Å². The summed E-state index contributed by atoms with van der Waals surface area (Å²) in [5.74, 6) is 2.36. The highest BCUT2D eigenvalue weighted by atomic mass is 16.2. The van der Waals surface area contributed by atoms with E-state index in [9.17, 15) is 9.59 Å². The molecule has 0 radical (unpaired) electrons.